The van der Waals surface area contributed by atoms with Crippen LogP contribution in [0.1, 0.15) is 17.5 Å². The van der Waals surface area contributed by atoms with Gasteiger partial charge in [-0.1, -0.05) is 36.4 Å². The van der Waals surface area contributed by atoms with Gasteiger partial charge in [0.15, 0.2) is 0 Å². The highest BCUT2D eigenvalue weighted by Crippen LogP contribution is 2.13. The number of rotatable bonds is 5. The zero-order valence-electron chi connectivity index (χ0n) is 10.7. The lowest BCUT2D eigenvalue weighted by Crippen LogP contribution is -2.24. The molecule has 0 aliphatic heterocycles. The van der Waals surface area contributed by atoms with Crippen LogP contribution in [0.4, 0.5) is 8.78 Å². The first-order chi connectivity index (χ1) is 9.15. The lowest BCUT2D eigenvalue weighted by Gasteiger charge is -2.12. The molecule has 0 heterocycles. The molecule has 1 unspecified atom stereocenters. The van der Waals surface area contributed by atoms with Gasteiger partial charge in [-0.3, -0.25) is 0 Å². The Morgan fingerprint density at radius 1 is 1.00 bits per heavy atom. The zero-order valence-corrected chi connectivity index (χ0v) is 10.7. The van der Waals surface area contributed by atoms with E-state index in [0.29, 0.717) is 12.0 Å². The highest BCUT2D eigenvalue weighted by molar-refractivity contribution is 5.20. The van der Waals surface area contributed by atoms with Crippen LogP contribution in [0.5, 0.6) is 0 Å². The van der Waals surface area contributed by atoms with E-state index in [-0.39, 0.29) is 6.04 Å². The van der Waals surface area contributed by atoms with Crippen LogP contribution in [0.25, 0.3) is 0 Å². The SMILES string of the molecule is NC(CCc1ccccc1)Cc1ccc(F)cc1F. The molecule has 0 spiro atoms. The second-order valence-corrected chi connectivity index (χ2v) is 4.72. The number of hydrogen-bond donors (Lipinski definition) is 1. The van der Waals surface area contributed by atoms with Gasteiger partial charge in [-0.05, 0) is 36.5 Å². The highest BCUT2D eigenvalue weighted by atomic mass is 19.1. The van der Waals surface area contributed by atoms with Crippen LogP contribution in [-0.4, -0.2) is 6.04 Å². The standard InChI is InChI=1S/C16H17F2N/c17-14-8-7-13(16(18)11-14)10-15(19)9-6-12-4-2-1-3-5-12/h1-5,7-8,11,15H,6,9-10,19H2. The predicted octanol–water partition coefficient (Wildman–Crippen LogP) is 3.47. The number of benzene rings is 2. The first kappa shape index (κ1) is 13.7. The minimum absolute atomic E-state index is 0.125. The van der Waals surface area contributed by atoms with E-state index in [9.17, 15) is 8.78 Å². The van der Waals surface area contributed by atoms with Crippen molar-refractivity contribution in [2.45, 2.75) is 25.3 Å². The average molecular weight is 261 g/mol. The molecule has 0 saturated carbocycles. The average Bonchev–Trinajstić information content (AvgIpc) is 2.41. The Hall–Kier alpha value is -1.74. The summed E-state index contributed by atoms with van der Waals surface area (Å²) in [6, 6.07) is 13.5. The minimum Gasteiger partial charge on any atom is -0.327 e. The third-order valence-corrected chi connectivity index (χ3v) is 3.14. The topological polar surface area (TPSA) is 26.0 Å². The molecule has 100 valence electrons. The Bertz CT molecular complexity index is 526. The van der Waals surface area contributed by atoms with Crippen molar-refractivity contribution in [3.8, 4) is 0 Å². The van der Waals surface area contributed by atoms with Crippen molar-refractivity contribution in [3.63, 3.8) is 0 Å². The second-order valence-electron chi connectivity index (χ2n) is 4.72. The molecule has 19 heavy (non-hydrogen) atoms. The summed E-state index contributed by atoms with van der Waals surface area (Å²) in [4.78, 5) is 0. The van der Waals surface area contributed by atoms with E-state index in [1.165, 1.54) is 17.7 Å². The van der Waals surface area contributed by atoms with E-state index in [0.717, 1.165) is 18.9 Å². The van der Waals surface area contributed by atoms with Gasteiger partial charge >= 0.3 is 0 Å². The molecule has 0 aliphatic rings. The molecule has 1 nitrogen and oxygen atoms in total. The summed E-state index contributed by atoms with van der Waals surface area (Å²) in [6.07, 6.45) is 2.07. The monoisotopic (exact) mass is 261 g/mol. The molecule has 2 aromatic rings. The molecule has 0 aromatic heterocycles. The van der Waals surface area contributed by atoms with Crippen LogP contribution >= 0.6 is 0 Å². The summed E-state index contributed by atoms with van der Waals surface area (Å²) in [7, 11) is 0. The third kappa shape index (κ3) is 4.14. The summed E-state index contributed by atoms with van der Waals surface area (Å²) < 4.78 is 26.3. The summed E-state index contributed by atoms with van der Waals surface area (Å²) in [5.74, 6) is -1.07. The van der Waals surface area contributed by atoms with Gasteiger partial charge in [0.05, 0.1) is 0 Å². The molecule has 0 bridgehead atoms. The van der Waals surface area contributed by atoms with Crippen LogP contribution in [0, 0.1) is 11.6 Å². The van der Waals surface area contributed by atoms with E-state index in [1.807, 2.05) is 30.3 Å². The molecule has 1 atom stereocenters. The number of hydrogen-bond acceptors (Lipinski definition) is 1. The summed E-state index contributed by atoms with van der Waals surface area (Å²) in [6.45, 7) is 0. The van der Waals surface area contributed by atoms with Gasteiger partial charge in [-0.2, -0.15) is 0 Å². The van der Waals surface area contributed by atoms with Gasteiger partial charge in [0.25, 0.3) is 0 Å². The quantitative estimate of drug-likeness (QED) is 0.876. The molecular formula is C16H17F2N. The van der Waals surface area contributed by atoms with Crippen molar-refractivity contribution >= 4 is 0 Å². The van der Waals surface area contributed by atoms with Crippen molar-refractivity contribution < 1.29 is 8.78 Å². The number of nitrogens with two attached hydrogens (primary N) is 1. The third-order valence-electron chi connectivity index (χ3n) is 3.14. The maximum Gasteiger partial charge on any atom is 0.129 e. The van der Waals surface area contributed by atoms with Gasteiger partial charge in [0, 0.05) is 12.1 Å². The van der Waals surface area contributed by atoms with E-state index in [1.54, 1.807) is 0 Å². The Kier molecular flexibility index (Phi) is 4.63. The largest absolute Gasteiger partial charge is 0.327 e. The van der Waals surface area contributed by atoms with E-state index < -0.39 is 11.6 Å². The molecule has 2 N–H and O–H groups in total. The summed E-state index contributed by atoms with van der Waals surface area (Å²) in [5, 5.41) is 0. The van der Waals surface area contributed by atoms with E-state index in [2.05, 4.69) is 0 Å². The van der Waals surface area contributed by atoms with E-state index in [4.69, 9.17) is 5.73 Å². The normalized spacial score (nSPS) is 12.4. The fourth-order valence-corrected chi connectivity index (χ4v) is 2.07. The molecule has 0 fully saturated rings. The molecule has 3 heteroatoms. The van der Waals surface area contributed by atoms with Crippen LogP contribution < -0.4 is 5.73 Å². The van der Waals surface area contributed by atoms with Crippen molar-refractivity contribution in [1.29, 1.82) is 0 Å². The first-order valence-corrected chi connectivity index (χ1v) is 6.38. The summed E-state index contributed by atoms with van der Waals surface area (Å²) >= 11 is 0. The van der Waals surface area contributed by atoms with Crippen LogP contribution in [0.3, 0.4) is 0 Å². The van der Waals surface area contributed by atoms with Gasteiger partial charge in [-0.15, -0.1) is 0 Å². The molecular weight excluding hydrogens is 244 g/mol. The van der Waals surface area contributed by atoms with Gasteiger partial charge in [0.1, 0.15) is 11.6 Å². The molecule has 2 aromatic carbocycles. The number of halogens is 2. The predicted molar refractivity (Wildman–Crippen MR) is 72.8 cm³/mol. The van der Waals surface area contributed by atoms with Gasteiger partial charge in [0.2, 0.25) is 0 Å². The zero-order chi connectivity index (χ0) is 13.7. The van der Waals surface area contributed by atoms with Crippen molar-refractivity contribution in [1.82, 2.24) is 0 Å². The lowest BCUT2D eigenvalue weighted by molar-refractivity contribution is 0.549. The lowest BCUT2D eigenvalue weighted by atomic mass is 9.99. The van der Waals surface area contributed by atoms with E-state index >= 15 is 0 Å². The smallest absolute Gasteiger partial charge is 0.129 e. The fraction of sp³-hybridized carbons (Fsp3) is 0.250. The van der Waals surface area contributed by atoms with Crippen LogP contribution in [0.15, 0.2) is 48.5 Å². The second kappa shape index (κ2) is 6.43. The Balaban J connectivity index is 1.89. The molecule has 0 saturated heterocycles. The summed E-state index contributed by atoms with van der Waals surface area (Å²) in [5.41, 5.74) is 7.69. The maximum absolute atomic E-state index is 13.5. The number of aryl methyl sites for hydroxylation is 1. The highest BCUT2D eigenvalue weighted by Gasteiger charge is 2.09. The van der Waals surface area contributed by atoms with Crippen molar-refractivity contribution in [2.24, 2.45) is 5.73 Å². The van der Waals surface area contributed by atoms with Crippen molar-refractivity contribution in [2.75, 3.05) is 0 Å². The fourth-order valence-electron chi connectivity index (χ4n) is 2.07. The molecule has 0 aliphatic carbocycles. The Labute approximate surface area is 112 Å². The van der Waals surface area contributed by atoms with Gasteiger partial charge in [-0.25, -0.2) is 8.78 Å². The Morgan fingerprint density at radius 3 is 2.42 bits per heavy atom. The maximum atomic E-state index is 13.5. The van der Waals surface area contributed by atoms with Crippen molar-refractivity contribution in [3.05, 3.63) is 71.3 Å². The van der Waals surface area contributed by atoms with Gasteiger partial charge < -0.3 is 5.73 Å². The van der Waals surface area contributed by atoms with Crippen LogP contribution in [0.2, 0.25) is 0 Å². The minimum atomic E-state index is -0.556. The molecule has 0 radical (unpaired) electrons. The first-order valence-electron chi connectivity index (χ1n) is 6.38. The Morgan fingerprint density at radius 2 is 1.74 bits per heavy atom. The molecule has 0 amide bonds. The van der Waals surface area contributed by atoms with Crippen LogP contribution in [-0.2, 0) is 12.8 Å². The molecule has 2 rings (SSSR count).